The van der Waals surface area contributed by atoms with E-state index < -0.39 is 5.97 Å². The van der Waals surface area contributed by atoms with Gasteiger partial charge in [0.05, 0.1) is 18.7 Å². The van der Waals surface area contributed by atoms with E-state index in [0.29, 0.717) is 29.9 Å². The molecule has 2 aromatic rings. The van der Waals surface area contributed by atoms with Crippen molar-refractivity contribution in [2.24, 2.45) is 0 Å². The maximum absolute atomic E-state index is 12.6. The molecule has 2 heterocycles. The Kier molecular flexibility index (Phi) is 5.98. The molecule has 0 saturated carbocycles. The molecule has 0 atom stereocenters. The van der Waals surface area contributed by atoms with Gasteiger partial charge in [0, 0.05) is 17.1 Å². The summed E-state index contributed by atoms with van der Waals surface area (Å²) in [4.78, 5) is 26.0. The van der Waals surface area contributed by atoms with Gasteiger partial charge in [0.25, 0.3) is 5.91 Å². The van der Waals surface area contributed by atoms with Crippen LogP contribution in [0.4, 0.5) is 0 Å². The summed E-state index contributed by atoms with van der Waals surface area (Å²) in [5, 5.41) is 4.89. The van der Waals surface area contributed by atoms with E-state index in [4.69, 9.17) is 4.74 Å². The monoisotopic (exact) mass is 346 g/mol. The predicted octanol–water partition coefficient (Wildman–Crippen LogP) is 3.46. The number of esters is 1. The number of allylic oxidation sites excluding steroid dienone is 1. The molecule has 24 heavy (non-hydrogen) atoms. The average molecular weight is 346 g/mol. The molecule has 0 aliphatic heterocycles. The third-order valence-corrected chi connectivity index (χ3v) is 4.65. The van der Waals surface area contributed by atoms with Crippen LogP contribution in [0.3, 0.4) is 0 Å². The first-order valence-electron chi connectivity index (χ1n) is 7.79. The Morgan fingerprint density at radius 1 is 1.42 bits per heavy atom. The Morgan fingerprint density at radius 3 is 2.75 bits per heavy atom. The number of nitrogens with zero attached hydrogens (tertiary/aromatic N) is 1. The second-order valence-corrected chi connectivity index (χ2v) is 6.35. The molecule has 0 saturated heterocycles. The van der Waals surface area contributed by atoms with Crippen LogP contribution in [-0.4, -0.2) is 23.1 Å². The number of hydrogen-bond donors (Lipinski definition) is 1. The van der Waals surface area contributed by atoms with Crippen molar-refractivity contribution < 1.29 is 14.3 Å². The quantitative estimate of drug-likeness (QED) is 0.617. The van der Waals surface area contributed by atoms with Crippen LogP contribution < -0.4 is 5.32 Å². The molecule has 2 aromatic heterocycles. The first-order chi connectivity index (χ1) is 11.5. The van der Waals surface area contributed by atoms with Gasteiger partial charge in [-0.1, -0.05) is 12.1 Å². The van der Waals surface area contributed by atoms with Gasteiger partial charge in [0.2, 0.25) is 0 Å². The lowest BCUT2D eigenvalue weighted by molar-refractivity contribution is 0.0513. The van der Waals surface area contributed by atoms with E-state index >= 15 is 0 Å². The van der Waals surface area contributed by atoms with E-state index in [0.717, 1.165) is 10.6 Å². The second kappa shape index (κ2) is 7.97. The van der Waals surface area contributed by atoms with Gasteiger partial charge in [-0.3, -0.25) is 4.79 Å². The number of carbonyl (C=O) groups excluding carboxylic acids is 2. The average Bonchev–Trinajstić information content (AvgIpc) is 3.13. The van der Waals surface area contributed by atoms with Gasteiger partial charge >= 0.3 is 5.97 Å². The number of hydrogen-bond acceptors (Lipinski definition) is 4. The van der Waals surface area contributed by atoms with Gasteiger partial charge in [0.15, 0.2) is 0 Å². The van der Waals surface area contributed by atoms with Crippen LogP contribution in [0.1, 0.15) is 43.9 Å². The van der Waals surface area contributed by atoms with Crippen LogP contribution in [0.2, 0.25) is 0 Å². The van der Waals surface area contributed by atoms with Gasteiger partial charge in [-0.2, -0.15) is 0 Å². The lowest BCUT2D eigenvalue weighted by Crippen LogP contribution is -2.23. The van der Waals surface area contributed by atoms with Gasteiger partial charge < -0.3 is 14.6 Å². The van der Waals surface area contributed by atoms with Crippen molar-refractivity contribution in [3.05, 3.63) is 57.6 Å². The van der Waals surface area contributed by atoms with Crippen LogP contribution in [0, 0.1) is 13.8 Å². The fraction of sp³-hybridized carbons (Fsp3) is 0.333. The third-order valence-electron chi connectivity index (χ3n) is 3.78. The molecular formula is C18H22N2O3S. The standard InChI is InChI=1S/C18H22N2O3S/c1-5-9-20-13(4)15(12(3)16(20)18(22)23-6-2)17(21)19-11-14-8-7-10-24-14/h5,7-8,10H,1,6,9,11H2,2-4H3,(H,19,21). The minimum atomic E-state index is -0.419. The third kappa shape index (κ3) is 3.59. The molecular weight excluding hydrogens is 324 g/mol. The van der Waals surface area contributed by atoms with Crippen molar-refractivity contribution in [3.8, 4) is 0 Å². The van der Waals surface area contributed by atoms with Crippen molar-refractivity contribution in [2.45, 2.75) is 33.9 Å². The summed E-state index contributed by atoms with van der Waals surface area (Å²) in [5.74, 6) is -0.607. The van der Waals surface area contributed by atoms with Crippen LogP contribution in [0.5, 0.6) is 0 Å². The van der Waals surface area contributed by atoms with Gasteiger partial charge in [-0.25, -0.2) is 4.79 Å². The molecule has 0 unspecified atom stereocenters. The lowest BCUT2D eigenvalue weighted by atomic mass is 10.1. The van der Waals surface area contributed by atoms with Crippen molar-refractivity contribution in [1.29, 1.82) is 0 Å². The van der Waals surface area contributed by atoms with Crippen LogP contribution in [0.15, 0.2) is 30.2 Å². The number of carbonyl (C=O) groups is 2. The number of aromatic nitrogens is 1. The minimum absolute atomic E-state index is 0.188. The smallest absolute Gasteiger partial charge is 0.355 e. The Morgan fingerprint density at radius 2 is 2.17 bits per heavy atom. The molecule has 0 aromatic carbocycles. The molecule has 6 heteroatoms. The molecule has 0 bridgehead atoms. The Hall–Kier alpha value is -2.34. The summed E-state index contributed by atoms with van der Waals surface area (Å²) in [6, 6.07) is 3.92. The predicted molar refractivity (Wildman–Crippen MR) is 95.5 cm³/mol. The number of nitrogens with one attached hydrogen (secondary N) is 1. The second-order valence-electron chi connectivity index (χ2n) is 5.32. The molecule has 0 fully saturated rings. The van der Waals surface area contributed by atoms with Crippen LogP contribution in [-0.2, 0) is 17.8 Å². The van der Waals surface area contributed by atoms with Crippen LogP contribution >= 0.6 is 11.3 Å². The molecule has 0 radical (unpaired) electrons. The van der Waals surface area contributed by atoms with Crippen molar-refractivity contribution >= 4 is 23.2 Å². The Balaban J connectivity index is 2.34. The summed E-state index contributed by atoms with van der Waals surface area (Å²) < 4.78 is 6.92. The minimum Gasteiger partial charge on any atom is -0.461 e. The fourth-order valence-corrected chi connectivity index (χ4v) is 3.36. The zero-order chi connectivity index (χ0) is 17.7. The normalized spacial score (nSPS) is 10.5. The molecule has 1 amide bonds. The highest BCUT2D eigenvalue weighted by Crippen LogP contribution is 2.23. The highest BCUT2D eigenvalue weighted by Gasteiger charge is 2.26. The zero-order valence-electron chi connectivity index (χ0n) is 14.2. The molecule has 0 aliphatic rings. The van der Waals surface area contributed by atoms with E-state index in [2.05, 4.69) is 11.9 Å². The van der Waals surface area contributed by atoms with Gasteiger partial charge in [-0.05, 0) is 37.8 Å². The molecule has 2 rings (SSSR count). The molecule has 128 valence electrons. The van der Waals surface area contributed by atoms with E-state index in [-0.39, 0.29) is 12.5 Å². The van der Waals surface area contributed by atoms with E-state index in [1.54, 1.807) is 35.8 Å². The fourth-order valence-electron chi connectivity index (χ4n) is 2.72. The summed E-state index contributed by atoms with van der Waals surface area (Å²) in [5.41, 5.74) is 2.31. The highest BCUT2D eigenvalue weighted by molar-refractivity contribution is 7.09. The summed E-state index contributed by atoms with van der Waals surface area (Å²) >= 11 is 1.59. The van der Waals surface area contributed by atoms with Gasteiger partial charge in [-0.15, -0.1) is 17.9 Å². The van der Waals surface area contributed by atoms with E-state index in [9.17, 15) is 9.59 Å². The Labute approximate surface area is 145 Å². The van der Waals surface area contributed by atoms with Crippen molar-refractivity contribution in [1.82, 2.24) is 9.88 Å². The number of amides is 1. The van der Waals surface area contributed by atoms with Crippen LogP contribution in [0.25, 0.3) is 0 Å². The molecule has 1 N–H and O–H groups in total. The van der Waals surface area contributed by atoms with E-state index in [1.807, 2.05) is 24.4 Å². The largest absolute Gasteiger partial charge is 0.461 e. The molecule has 0 aliphatic carbocycles. The molecule has 5 nitrogen and oxygen atoms in total. The van der Waals surface area contributed by atoms with E-state index in [1.165, 1.54) is 0 Å². The first-order valence-corrected chi connectivity index (χ1v) is 8.67. The zero-order valence-corrected chi connectivity index (χ0v) is 15.0. The lowest BCUT2D eigenvalue weighted by Gasteiger charge is -2.09. The summed E-state index contributed by atoms with van der Waals surface area (Å²) in [7, 11) is 0. The highest BCUT2D eigenvalue weighted by atomic mass is 32.1. The number of thiophene rings is 1. The molecule has 0 spiro atoms. The first kappa shape index (κ1) is 18.0. The SMILES string of the molecule is C=CCn1c(C)c(C(=O)NCc2cccs2)c(C)c1C(=O)OCC. The Bertz CT molecular complexity index is 745. The maximum Gasteiger partial charge on any atom is 0.355 e. The van der Waals surface area contributed by atoms with Gasteiger partial charge in [0.1, 0.15) is 5.69 Å². The van der Waals surface area contributed by atoms with Crippen molar-refractivity contribution in [2.75, 3.05) is 6.61 Å². The van der Waals surface area contributed by atoms with Crippen molar-refractivity contribution in [3.63, 3.8) is 0 Å². The maximum atomic E-state index is 12.6. The number of ether oxygens (including phenoxy) is 1. The topological polar surface area (TPSA) is 60.3 Å². The summed E-state index contributed by atoms with van der Waals surface area (Å²) in [6.07, 6.45) is 1.70. The summed E-state index contributed by atoms with van der Waals surface area (Å²) in [6.45, 7) is 10.3. The number of rotatable bonds is 7.